The maximum absolute atomic E-state index is 12.3. The molecular formula is C21H28N2O5. The summed E-state index contributed by atoms with van der Waals surface area (Å²) in [4.78, 5) is 38.2. The number of methoxy groups -OCH3 is 1. The molecular weight excluding hydrogens is 360 g/mol. The van der Waals surface area contributed by atoms with Crippen molar-refractivity contribution in [2.75, 3.05) is 20.3 Å². The van der Waals surface area contributed by atoms with E-state index in [-0.39, 0.29) is 36.9 Å². The molecule has 1 N–H and O–H groups in total. The molecule has 2 atom stereocenters. The van der Waals surface area contributed by atoms with E-state index in [1.807, 2.05) is 38.1 Å². The van der Waals surface area contributed by atoms with Crippen LogP contribution in [-0.4, -0.2) is 49.0 Å². The molecule has 152 valence electrons. The molecule has 2 fully saturated rings. The van der Waals surface area contributed by atoms with Crippen LogP contribution in [0, 0.1) is 11.8 Å². The molecule has 7 nitrogen and oxygen atoms in total. The smallest absolute Gasteiger partial charge is 0.311 e. The second-order valence-corrected chi connectivity index (χ2v) is 7.80. The first-order valence-corrected chi connectivity index (χ1v) is 9.78. The van der Waals surface area contributed by atoms with Gasteiger partial charge in [0.25, 0.3) is 5.91 Å². The van der Waals surface area contributed by atoms with Gasteiger partial charge in [-0.1, -0.05) is 12.1 Å². The van der Waals surface area contributed by atoms with Crippen LogP contribution in [0.25, 0.3) is 0 Å². The van der Waals surface area contributed by atoms with Gasteiger partial charge in [0.05, 0.1) is 19.1 Å². The van der Waals surface area contributed by atoms with Crippen LogP contribution in [0.2, 0.25) is 0 Å². The van der Waals surface area contributed by atoms with Crippen LogP contribution in [0.4, 0.5) is 0 Å². The molecule has 2 amide bonds. The lowest BCUT2D eigenvalue weighted by Crippen LogP contribution is -2.35. The molecule has 1 saturated heterocycles. The summed E-state index contributed by atoms with van der Waals surface area (Å²) in [7, 11) is 1.61. The summed E-state index contributed by atoms with van der Waals surface area (Å²) in [5.41, 5.74) is 1.01. The number of likely N-dealkylation sites (tertiary alicyclic amines) is 1. The molecule has 1 aromatic rings. The molecule has 0 aromatic heterocycles. The standard InChI is InChI=1S/C21H28N2O5/c1-13(2)23-11-16(10-19(23)25)21(26)28-12-18(24)22-20(14-4-5-14)15-6-8-17(27-3)9-7-15/h6-9,13-14,16,20H,4-5,10-12H2,1-3H3,(H,22,24). The monoisotopic (exact) mass is 388 g/mol. The topological polar surface area (TPSA) is 84.9 Å². The molecule has 2 aliphatic rings. The van der Waals surface area contributed by atoms with Gasteiger partial charge >= 0.3 is 5.97 Å². The summed E-state index contributed by atoms with van der Waals surface area (Å²) in [5, 5.41) is 2.98. The van der Waals surface area contributed by atoms with Crippen molar-refractivity contribution in [2.45, 2.75) is 45.2 Å². The highest BCUT2D eigenvalue weighted by Gasteiger charge is 2.37. The summed E-state index contributed by atoms with van der Waals surface area (Å²) < 4.78 is 10.4. The molecule has 0 radical (unpaired) electrons. The Morgan fingerprint density at radius 2 is 1.89 bits per heavy atom. The van der Waals surface area contributed by atoms with Crippen LogP contribution < -0.4 is 10.1 Å². The number of nitrogens with one attached hydrogen (secondary N) is 1. The number of hydrogen-bond donors (Lipinski definition) is 1. The van der Waals surface area contributed by atoms with E-state index in [0.29, 0.717) is 12.5 Å². The summed E-state index contributed by atoms with van der Waals surface area (Å²) in [6, 6.07) is 7.58. The maximum Gasteiger partial charge on any atom is 0.311 e. The van der Waals surface area contributed by atoms with Crippen LogP contribution in [0.3, 0.4) is 0 Å². The fourth-order valence-corrected chi connectivity index (χ4v) is 3.57. The normalized spacial score (nSPS) is 20.2. The zero-order valence-electron chi connectivity index (χ0n) is 16.6. The molecule has 1 aromatic carbocycles. The van der Waals surface area contributed by atoms with Gasteiger partial charge in [0.1, 0.15) is 5.75 Å². The van der Waals surface area contributed by atoms with E-state index in [4.69, 9.17) is 9.47 Å². The zero-order chi connectivity index (χ0) is 20.3. The SMILES string of the molecule is COc1ccc(C(NC(=O)COC(=O)C2CC(=O)N(C(C)C)C2)C2CC2)cc1. The maximum atomic E-state index is 12.3. The summed E-state index contributed by atoms with van der Waals surface area (Å²) >= 11 is 0. The molecule has 0 bridgehead atoms. The number of ether oxygens (including phenoxy) is 2. The predicted molar refractivity (Wildman–Crippen MR) is 103 cm³/mol. The molecule has 0 spiro atoms. The number of carbonyl (C=O) groups is 3. The number of esters is 1. The third-order valence-corrected chi connectivity index (χ3v) is 5.35. The van der Waals surface area contributed by atoms with Gasteiger partial charge < -0.3 is 19.7 Å². The average molecular weight is 388 g/mol. The number of amides is 2. The fraction of sp³-hybridized carbons (Fsp3) is 0.571. The highest BCUT2D eigenvalue weighted by Crippen LogP contribution is 2.41. The second-order valence-electron chi connectivity index (χ2n) is 7.80. The molecule has 1 heterocycles. The Labute approximate surface area is 165 Å². The van der Waals surface area contributed by atoms with Crippen molar-refractivity contribution in [1.82, 2.24) is 10.2 Å². The number of carbonyl (C=O) groups excluding carboxylic acids is 3. The van der Waals surface area contributed by atoms with Crippen LogP contribution in [0.1, 0.15) is 44.7 Å². The van der Waals surface area contributed by atoms with Crippen molar-refractivity contribution in [3.8, 4) is 5.75 Å². The Bertz CT molecular complexity index is 727. The van der Waals surface area contributed by atoms with Gasteiger partial charge in [-0.2, -0.15) is 0 Å². The number of rotatable bonds is 8. The lowest BCUT2D eigenvalue weighted by Gasteiger charge is -2.21. The first kappa shape index (κ1) is 20.2. The largest absolute Gasteiger partial charge is 0.497 e. The van der Waals surface area contributed by atoms with Gasteiger partial charge in [0.15, 0.2) is 6.61 Å². The Hall–Kier alpha value is -2.57. The van der Waals surface area contributed by atoms with Gasteiger partial charge in [-0.25, -0.2) is 0 Å². The lowest BCUT2D eigenvalue weighted by atomic mass is 10.0. The van der Waals surface area contributed by atoms with Crippen LogP contribution in [0.5, 0.6) is 5.75 Å². The van der Waals surface area contributed by atoms with Gasteiger partial charge in [0.2, 0.25) is 5.91 Å². The Morgan fingerprint density at radius 1 is 1.21 bits per heavy atom. The van der Waals surface area contributed by atoms with E-state index in [1.54, 1.807) is 12.0 Å². The quantitative estimate of drug-likeness (QED) is 0.689. The molecule has 7 heteroatoms. The van der Waals surface area contributed by atoms with E-state index < -0.39 is 11.9 Å². The minimum absolute atomic E-state index is 0.0466. The number of nitrogens with zero attached hydrogens (tertiary/aromatic N) is 1. The van der Waals surface area contributed by atoms with E-state index >= 15 is 0 Å². The summed E-state index contributed by atoms with van der Waals surface area (Å²) in [5.74, 6) is -0.191. The van der Waals surface area contributed by atoms with Crippen molar-refractivity contribution < 1.29 is 23.9 Å². The minimum atomic E-state index is -0.497. The zero-order valence-corrected chi connectivity index (χ0v) is 16.6. The predicted octanol–water partition coefficient (Wildman–Crippen LogP) is 2.06. The first-order valence-electron chi connectivity index (χ1n) is 9.78. The average Bonchev–Trinajstić information content (AvgIpc) is 3.45. The molecule has 1 aliphatic carbocycles. The fourth-order valence-electron chi connectivity index (χ4n) is 3.57. The molecule has 1 aliphatic heterocycles. The van der Waals surface area contributed by atoms with Crippen molar-refractivity contribution in [3.63, 3.8) is 0 Å². The minimum Gasteiger partial charge on any atom is -0.497 e. The summed E-state index contributed by atoms with van der Waals surface area (Å²) in [6.07, 6.45) is 2.27. The molecule has 3 rings (SSSR count). The van der Waals surface area contributed by atoms with Crippen LogP contribution in [0.15, 0.2) is 24.3 Å². The van der Waals surface area contributed by atoms with E-state index in [0.717, 1.165) is 24.2 Å². The van der Waals surface area contributed by atoms with Crippen molar-refractivity contribution in [1.29, 1.82) is 0 Å². The van der Waals surface area contributed by atoms with Crippen LogP contribution >= 0.6 is 0 Å². The molecule has 28 heavy (non-hydrogen) atoms. The van der Waals surface area contributed by atoms with E-state index in [2.05, 4.69) is 5.32 Å². The number of benzene rings is 1. The first-order chi connectivity index (χ1) is 13.4. The molecule has 2 unspecified atom stereocenters. The molecule has 1 saturated carbocycles. The van der Waals surface area contributed by atoms with Gasteiger partial charge in [-0.15, -0.1) is 0 Å². The Balaban J connectivity index is 1.51. The van der Waals surface area contributed by atoms with Crippen molar-refractivity contribution in [3.05, 3.63) is 29.8 Å². The Kier molecular flexibility index (Phi) is 6.21. The van der Waals surface area contributed by atoms with Crippen LogP contribution in [-0.2, 0) is 19.1 Å². The second kappa shape index (κ2) is 8.63. The Morgan fingerprint density at radius 3 is 2.43 bits per heavy atom. The third kappa shape index (κ3) is 4.82. The third-order valence-electron chi connectivity index (χ3n) is 5.35. The highest BCUT2D eigenvalue weighted by atomic mass is 16.5. The highest BCUT2D eigenvalue weighted by molar-refractivity contribution is 5.88. The van der Waals surface area contributed by atoms with Gasteiger partial charge in [0, 0.05) is 19.0 Å². The lowest BCUT2D eigenvalue weighted by molar-refractivity contribution is -0.152. The number of hydrogen-bond acceptors (Lipinski definition) is 5. The van der Waals surface area contributed by atoms with Crippen molar-refractivity contribution in [2.24, 2.45) is 11.8 Å². The van der Waals surface area contributed by atoms with E-state index in [9.17, 15) is 14.4 Å². The van der Waals surface area contributed by atoms with Gasteiger partial charge in [-0.05, 0) is 50.3 Å². The summed E-state index contributed by atoms with van der Waals surface area (Å²) in [6.45, 7) is 3.85. The van der Waals surface area contributed by atoms with E-state index in [1.165, 1.54) is 0 Å². The van der Waals surface area contributed by atoms with Gasteiger partial charge in [-0.3, -0.25) is 14.4 Å². The van der Waals surface area contributed by atoms with Crippen molar-refractivity contribution >= 4 is 17.8 Å².